The van der Waals surface area contributed by atoms with Crippen LogP contribution in [0.1, 0.15) is 24.5 Å². The smallest absolute Gasteiger partial charge is 0.263 e. The molecule has 4 nitrogen and oxygen atoms in total. The molecule has 5 heteroatoms. The van der Waals surface area contributed by atoms with E-state index >= 15 is 0 Å². The number of amides is 1. The average Bonchev–Trinajstić information content (AvgIpc) is 2.97. The van der Waals surface area contributed by atoms with Crippen molar-refractivity contribution in [3.8, 4) is 0 Å². The number of halogens is 1. The number of hydrogen-bond donors (Lipinski definition) is 1. The minimum absolute atomic E-state index is 0.281. The molecule has 1 amide bonds. The summed E-state index contributed by atoms with van der Waals surface area (Å²) in [6.07, 6.45) is 4.47. The highest BCUT2D eigenvalue weighted by Gasteiger charge is 2.41. The molecule has 0 aliphatic carbocycles. The van der Waals surface area contributed by atoms with Crippen LogP contribution in [0.25, 0.3) is 0 Å². The van der Waals surface area contributed by atoms with Crippen LogP contribution in [0.5, 0.6) is 0 Å². The maximum Gasteiger partial charge on any atom is 0.263 e. The summed E-state index contributed by atoms with van der Waals surface area (Å²) in [5, 5.41) is 11.5. The van der Waals surface area contributed by atoms with Gasteiger partial charge in [-0.15, -0.1) is 0 Å². The van der Waals surface area contributed by atoms with Crippen molar-refractivity contribution in [1.29, 1.82) is 0 Å². The SMILES string of the molecule is CCC(O)(C(=O)N1CCc2cnccc21)c1cccc(Cl)c1. The first-order valence-corrected chi connectivity index (χ1v) is 7.67. The van der Waals surface area contributed by atoms with Gasteiger partial charge in [-0.25, -0.2) is 0 Å². The number of hydrogen-bond acceptors (Lipinski definition) is 3. The fourth-order valence-electron chi connectivity index (χ4n) is 2.89. The van der Waals surface area contributed by atoms with Crippen LogP contribution in [0.15, 0.2) is 42.7 Å². The lowest BCUT2D eigenvalue weighted by atomic mass is 9.89. The number of rotatable bonds is 3. The summed E-state index contributed by atoms with van der Waals surface area (Å²) in [5.41, 5.74) is 0.805. The van der Waals surface area contributed by atoms with E-state index in [1.54, 1.807) is 48.5 Å². The molecule has 1 aromatic heterocycles. The van der Waals surface area contributed by atoms with Crippen molar-refractivity contribution in [2.75, 3.05) is 11.4 Å². The zero-order chi connectivity index (χ0) is 15.7. The first-order valence-electron chi connectivity index (χ1n) is 7.29. The fraction of sp³-hybridized carbons (Fsp3) is 0.294. The molecule has 114 valence electrons. The fourth-order valence-corrected chi connectivity index (χ4v) is 3.08. The van der Waals surface area contributed by atoms with Gasteiger partial charge in [0.2, 0.25) is 0 Å². The molecular formula is C17H17ClN2O2. The summed E-state index contributed by atoms with van der Waals surface area (Å²) >= 11 is 6.01. The normalized spacial score (nSPS) is 16.2. The number of carbonyl (C=O) groups is 1. The standard InChI is InChI=1S/C17H17ClN2O2/c1-2-17(22,13-4-3-5-14(18)10-13)16(21)20-9-7-12-11-19-8-6-15(12)20/h3-6,8,10-11,22H,2,7,9H2,1H3. The Labute approximate surface area is 134 Å². The third-order valence-electron chi connectivity index (χ3n) is 4.19. The van der Waals surface area contributed by atoms with E-state index in [2.05, 4.69) is 4.98 Å². The van der Waals surface area contributed by atoms with Gasteiger partial charge in [-0.2, -0.15) is 0 Å². The number of aliphatic hydroxyl groups is 1. The maximum absolute atomic E-state index is 13.0. The maximum atomic E-state index is 13.0. The highest BCUT2D eigenvalue weighted by Crippen LogP contribution is 2.34. The van der Waals surface area contributed by atoms with E-state index in [0.29, 0.717) is 17.1 Å². The molecule has 1 aliphatic rings. The lowest BCUT2D eigenvalue weighted by Crippen LogP contribution is -2.46. The molecule has 2 aromatic rings. The molecule has 2 heterocycles. The molecule has 1 aromatic carbocycles. The van der Waals surface area contributed by atoms with Gasteiger partial charge in [0.25, 0.3) is 5.91 Å². The molecule has 0 saturated heterocycles. The van der Waals surface area contributed by atoms with E-state index < -0.39 is 5.60 Å². The van der Waals surface area contributed by atoms with E-state index in [9.17, 15) is 9.90 Å². The van der Waals surface area contributed by atoms with Crippen molar-refractivity contribution in [3.63, 3.8) is 0 Å². The third-order valence-corrected chi connectivity index (χ3v) is 4.42. The molecule has 0 spiro atoms. The number of aromatic nitrogens is 1. The van der Waals surface area contributed by atoms with Crippen LogP contribution in [-0.2, 0) is 16.8 Å². The van der Waals surface area contributed by atoms with Crippen molar-refractivity contribution in [1.82, 2.24) is 4.98 Å². The largest absolute Gasteiger partial charge is 0.375 e. The molecule has 1 N–H and O–H groups in total. The van der Waals surface area contributed by atoms with Crippen LogP contribution in [0.3, 0.4) is 0 Å². The number of carbonyl (C=O) groups excluding carboxylic acids is 1. The van der Waals surface area contributed by atoms with Crippen LogP contribution in [0, 0.1) is 0 Å². The van der Waals surface area contributed by atoms with Crippen LogP contribution in [0.4, 0.5) is 5.69 Å². The lowest BCUT2D eigenvalue weighted by Gasteiger charge is -2.31. The van der Waals surface area contributed by atoms with Crippen LogP contribution in [0.2, 0.25) is 5.02 Å². The van der Waals surface area contributed by atoms with E-state index in [1.807, 2.05) is 6.07 Å². The second-order valence-corrected chi connectivity index (χ2v) is 5.87. The molecule has 0 fully saturated rings. The van der Waals surface area contributed by atoms with Crippen LogP contribution in [-0.4, -0.2) is 22.5 Å². The molecule has 1 aliphatic heterocycles. The Morgan fingerprint density at radius 2 is 2.27 bits per heavy atom. The zero-order valence-electron chi connectivity index (χ0n) is 12.3. The third kappa shape index (κ3) is 2.38. The Bertz CT molecular complexity index is 719. The molecule has 3 rings (SSSR count). The van der Waals surface area contributed by atoms with Gasteiger partial charge in [0.15, 0.2) is 5.60 Å². The number of nitrogens with zero attached hydrogens (tertiary/aromatic N) is 2. The van der Waals surface area contributed by atoms with E-state index in [1.165, 1.54) is 0 Å². The number of fused-ring (bicyclic) bond motifs is 1. The van der Waals surface area contributed by atoms with Crippen LogP contribution < -0.4 is 4.90 Å². The van der Waals surface area contributed by atoms with E-state index in [-0.39, 0.29) is 12.3 Å². The van der Waals surface area contributed by atoms with E-state index in [0.717, 1.165) is 17.7 Å². The summed E-state index contributed by atoms with van der Waals surface area (Å²) in [5.74, 6) is -0.317. The minimum atomic E-state index is -1.57. The second kappa shape index (κ2) is 5.71. The predicted molar refractivity (Wildman–Crippen MR) is 85.9 cm³/mol. The molecule has 1 unspecified atom stereocenters. The average molecular weight is 317 g/mol. The molecule has 1 atom stereocenters. The number of benzene rings is 1. The quantitative estimate of drug-likeness (QED) is 0.947. The lowest BCUT2D eigenvalue weighted by molar-refractivity contribution is -0.138. The van der Waals surface area contributed by atoms with Gasteiger partial charge < -0.3 is 10.0 Å². The van der Waals surface area contributed by atoms with Crippen molar-refractivity contribution in [2.24, 2.45) is 0 Å². The Hall–Kier alpha value is -1.91. The summed E-state index contributed by atoms with van der Waals surface area (Å²) in [6.45, 7) is 2.35. The summed E-state index contributed by atoms with van der Waals surface area (Å²) in [7, 11) is 0. The van der Waals surface area contributed by atoms with Crippen molar-refractivity contribution < 1.29 is 9.90 Å². The number of pyridine rings is 1. The molecule has 0 bridgehead atoms. The van der Waals surface area contributed by atoms with Gasteiger partial charge in [-0.05, 0) is 42.2 Å². The van der Waals surface area contributed by atoms with Crippen molar-refractivity contribution in [2.45, 2.75) is 25.4 Å². The van der Waals surface area contributed by atoms with Gasteiger partial charge in [0, 0.05) is 24.0 Å². The van der Waals surface area contributed by atoms with Crippen molar-refractivity contribution in [3.05, 3.63) is 58.9 Å². The molecular weight excluding hydrogens is 300 g/mol. The first-order chi connectivity index (χ1) is 10.6. The first kappa shape index (κ1) is 15.0. The predicted octanol–water partition coefficient (Wildman–Crippen LogP) is 2.92. The Morgan fingerprint density at radius 1 is 1.45 bits per heavy atom. The van der Waals surface area contributed by atoms with Crippen LogP contribution >= 0.6 is 11.6 Å². The summed E-state index contributed by atoms with van der Waals surface area (Å²) < 4.78 is 0. The van der Waals surface area contributed by atoms with Gasteiger partial charge in [-0.1, -0.05) is 30.7 Å². The van der Waals surface area contributed by atoms with Gasteiger partial charge in [-0.3, -0.25) is 9.78 Å². The van der Waals surface area contributed by atoms with Gasteiger partial charge >= 0.3 is 0 Å². The Morgan fingerprint density at radius 3 is 3.00 bits per heavy atom. The minimum Gasteiger partial charge on any atom is -0.375 e. The highest BCUT2D eigenvalue weighted by molar-refractivity contribution is 6.30. The number of anilines is 1. The second-order valence-electron chi connectivity index (χ2n) is 5.44. The monoisotopic (exact) mass is 316 g/mol. The highest BCUT2D eigenvalue weighted by atomic mass is 35.5. The Balaban J connectivity index is 1.99. The molecule has 0 saturated carbocycles. The topological polar surface area (TPSA) is 53.4 Å². The molecule has 22 heavy (non-hydrogen) atoms. The summed E-state index contributed by atoms with van der Waals surface area (Å²) in [6, 6.07) is 8.66. The van der Waals surface area contributed by atoms with E-state index in [4.69, 9.17) is 11.6 Å². The van der Waals surface area contributed by atoms with Crippen molar-refractivity contribution >= 4 is 23.2 Å². The summed E-state index contributed by atoms with van der Waals surface area (Å²) in [4.78, 5) is 18.7. The molecule has 0 radical (unpaired) electrons. The zero-order valence-corrected chi connectivity index (χ0v) is 13.0. The Kier molecular flexibility index (Phi) is 3.89. The van der Waals surface area contributed by atoms with Gasteiger partial charge in [0.1, 0.15) is 0 Å². The van der Waals surface area contributed by atoms with Gasteiger partial charge in [0.05, 0.1) is 5.69 Å².